The molecule has 2 unspecified atom stereocenters. The van der Waals surface area contributed by atoms with Crippen molar-refractivity contribution in [2.75, 3.05) is 19.8 Å². The van der Waals surface area contributed by atoms with Gasteiger partial charge in [-0.2, -0.15) is 0 Å². The number of carbonyl (C=O) groups is 3. The van der Waals surface area contributed by atoms with Gasteiger partial charge in [0.05, 0.1) is 18.3 Å². The van der Waals surface area contributed by atoms with Gasteiger partial charge in [0, 0.05) is 42.8 Å². The van der Waals surface area contributed by atoms with Crippen LogP contribution in [0.1, 0.15) is 64.4 Å². The molecule has 0 saturated carbocycles. The van der Waals surface area contributed by atoms with E-state index in [1.54, 1.807) is 18.2 Å². The molecule has 2 heterocycles. The Morgan fingerprint density at radius 1 is 1.18 bits per heavy atom. The van der Waals surface area contributed by atoms with E-state index in [1.165, 1.54) is 6.92 Å². The average molecular weight is 470 g/mol. The van der Waals surface area contributed by atoms with E-state index in [2.05, 4.69) is 5.32 Å². The Morgan fingerprint density at radius 3 is 2.71 bits per heavy atom. The van der Waals surface area contributed by atoms with Gasteiger partial charge in [0.25, 0.3) is 0 Å². The molecule has 2 atom stereocenters. The van der Waals surface area contributed by atoms with Gasteiger partial charge in [-0.25, -0.2) is 4.79 Å². The summed E-state index contributed by atoms with van der Waals surface area (Å²) in [5.74, 6) is -0.859. The fraction of sp³-hybridized carbons (Fsp3) is 0.500. The SMILES string of the molecule is CCOc1cc(C2C(C(=O)OCC3CCCO3)=C(C)NC3=C2C(=O)CCC3)ccc1OC(C)=O. The van der Waals surface area contributed by atoms with E-state index in [0.29, 0.717) is 53.5 Å². The maximum Gasteiger partial charge on any atom is 0.336 e. The van der Waals surface area contributed by atoms with E-state index in [9.17, 15) is 14.4 Å². The number of hydrogen-bond donors (Lipinski definition) is 1. The van der Waals surface area contributed by atoms with Gasteiger partial charge in [-0.15, -0.1) is 0 Å². The predicted molar refractivity (Wildman–Crippen MR) is 123 cm³/mol. The van der Waals surface area contributed by atoms with Crippen molar-refractivity contribution >= 4 is 17.7 Å². The highest BCUT2D eigenvalue weighted by molar-refractivity contribution is 6.03. The Kier molecular flexibility index (Phi) is 7.36. The first-order valence-electron chi connectivity index (χ1n) is 11.9. The van der Waals surface area contributed by atoms with Crippen LogP contribution in [-0.2, 0) is 23.9 Å². The van der Waals surface area contributed by atoms with Gasteiger partial charge < -0.3 is 24.3 Å². The Labute approximate surface area is 199 Å². The summed E-state index contributed by atoms with van der Waals surface area (Å²) in [6.07, 6.45) is 3.64. The van der Waals surface area contributed by atoms with Crippen molar-refractivity contribution in [1.29, 1.82) is 0 Å². The maximum atomic E-state index is 13.3. The quantitative estimate of drug-likeness (QED) is 0.477. The van der Waals surface area contributed by atoms with Crippen LogP contribution in [0, 0.1) is 0 Å². The lowest BCUT2D eigenvalue weighted by molar-refractivity contribution is -0.142. The number of ketones is 1. The van der Waals surface area contributed by atoms with Gasteiger partial charge in [0.1, 0.15) is 6.61 Å². The number of allylic oxidation sites excluding steroid dienone is 3. The molecule has 1 aromatic rings. The molecule has 2 aliphatic heterocycles. The monoisotopic (exact) mass is 469 g/mol. The molecule has 1 fully saturated rings. The highest BCUT2D eigenvalue weighted by Gasteiger charge is 2.39. The summed E-state index contributed by atoms with van der Waals surface area (Å²) in [6, 6.07) is 5.15. The summed E-state index contributed by atoms with van der Waals surface area (Å²) in [7, 11) is 0. The van der Waals surface area contributed by atoms with Crippen molar-refractivity contribution in [3.8, 4) is 11.5 Å². The molecule has 0 spiro atoms. The Bertz CT molecular complexity index is 1050. The zero-order valence-electron chi connectivity index (χ0n) is 19.9. The van der Waals surface area contributed by atoms with Crippen LogP contribution in [0.3, 0.4) is 0 Å². The number of Topliss-reactive ketones (excluding diaryl/α,β-unsaturated/α-hetero) is 1. The lowest BCUT2D eigenvalue weighted by Crippen LogP contribution is -2.35. The molecule has 182 valence electrons. The summed E-state index contributed by atoms with van der Waals surface area (Å²) in [4.78, 5) is 38.0. The van der Waals surface area contributed by atoms with E-state index >= 15 is 0 Å². The highest BCUT2D eigenvalue weighted by atomic mass is 16.6. The fourth-order valence-electron chi connectivity index (χ4n) is 4.82. The molecule has 8 nitrogen and oxygen atoms in total. The Hall–Kier alpha value is -3.13. The number of benzene rings is 1. The fourth-order valence-corrected chi connectivity index (χ4v) is 4.82. The Morgan fingerprint density at radius 2 is 2.00 bits per heavy atom. The number of ether oxygens (including phenoxy) is 4. The van der Waals surface area contributed by atoms with Crippen molar-refractivity contribution in [2.45, 2.75) is 64.9 Å². The molecule has 0 radical (unpaired) electrons. The van der Waals surface area contributed by atoms with Crippen LogP contribution in [0.2, 0.25) is 0 Å². The zero-order valence-corrected chi connectivity index (χ0v) is 19.9. The minimum atomic E-state index is -0.605. The number of rotatable bonds is 7. The van der Waals surface area contributed by atoms with Gasteiger partial charge in [0.15, 0.2) is 17.3 Å². The van der Waals surface area contributed by atoms with Crippen LogP contribution in [0.25, 0.3) is 0 Å². The summed E-state index contributed by atoms with van der Waals surface area (Å²) in [5, 5.41) is 3.29. The predicted octanol–water partition coefficient (Wildman–Crippen LogP) is 3.70. The third kappa shape index (κ3) is 5.01. The molecular weight excluding hydrogens is 438 g/mol. The second-order valence-electron chi connectivity index (χ2n) is 8.73. The average Bonchev–Trinajstić information content (AvgIpc) is 3.31. The lowest BCUT2D eigenvalue weighted by atomic mass is 9.75. The first-order chi connectivity index (χ1) is 16.4. The number of hydrogen-bond acceptors (Lipinski definition) is 8. The van der Waals surface area contributed by atoms with Crippen LogP contribution in [0.15, 0.2) is 40.7 Å². The van der Waals surface area contributed by atoms with Gasteiger partial charge in [0.2, 0.25) is 0 Å². The highest BCUT2D eigenvalue weighted by Crippen LogP contribution is 2.44. The molecule has 8 heteroatoms. The van der Waals surface area contributed by atoms with Crippen molar-refractivity contribution in [3.63, 3.8) is 0 Å². The molecule has 0 aromatic heterocycles. The van der Waals surface area contributed by atoms with Crippen LogP contribution < -0.4 is 14.8 Å². The van der Waals surface area contributed by atoms with Crippen LogP contribution >= 0.6 is 0 Å². The smallest absolute Gasteiger partial charge is 0.336 e. The van der Waals surface area contributed by atoms with Gasteiger partial charge in [-0.05, 0) is 57.2 Å². The van der Waals surface area contributed by atoms with E-state index in [-0.39, 0.29) is 18.5 Å². The van der Waals surface area contributed by atoms with Crippen molar-refractivity contribution < 1.29 is 33.3 Å². The largest absolute Gasteiger partial charge is 0.490 e. The normalized spacial score (nSPS) is 22.3. The van der Waals surface area contributed by atoms with Crippen molar-refractivity contribution in [3.05, 3.63) is 46.3 Å². The molecular formula is C26H31NO7. The topological polar surface area (TPSA) is 100 Å². The Balaban J connectivity index is 1.74. The molecule has 0 amide bonds. The molecule has 1 aromatic carbocycles. The maximum absolute atomic E-state index is 13.3. The molecule has 1 aliphatic carbocycles. The third-order valence-electron chi connectivity index (χ3n) is 6.27. The van der Waals surface area contributed by atoms with E-state index in [4.69, 9.17) is 18.9 Å². The molecule has 1 saturated heterocycles. The summed E-state index contributed by atoms with van der Waals surface area (Å²) in [5.41, 5.74) is 3.19. The first kappa shape index (κ1) is 24.0. The minimum Gasteiger partial charge on any atom is -0.490 e. The zero-order chi connectivity index (χ0) is 24.2. The van der Waals surface area contributed by atoms with Crippen molar-refractivity contribution in [1.82, 2.24) is 5.32 Å². The van der Waals surface area contributed by atoms with Crippen LogP contribution in [0.5, 0.6) is 11.5 Å². The number of esters is 2. The number of nitrogens with one attached hydrogen (secondary N) is 1. The second kappa shape index (κ2) is 10.4. The minimum absolute atomic E-state index is 0.0118. The molecule has 3 aliphatic rings. The lowest BCUT2D eigenvalue weighted by Gasteiger charge is -2.34. The summed E-state index contributed by atoms with van der Waals surface area (Å²) >= 11 is 0. The standard InChI is InChI=1S/C26H31NO7/c1-4-31-22-13-17(10-11-21(22)34-16(3)28)24-23(26(30)33-14-18-7-6-12-32-18)15(2)27-19-8-5-9-20(29)25(19)24/h10-11,13,18,24,27H,4-9,12,14H2,1-3H3. The first-order valence-corrected chi connectivity index (χ1v) is 11.9. The second-order valence-corrected chi connectivity index (χ2v) is 8.73. The van der Waals surface area contributed by atoms with Gasteiger partial charge in [-0.3, -0.25) is 9.59 Å². The third-order valence-corrected chi connectivity index (χ3v) is 6.27. The van der Waals surface area contributed by atoms with Crippen molar-refractivity contribution in [2.24, 2.45) is 0 Å². The summed E-state index contributed by atoms with van der Waals surface area (Å²) < 4.78 is 22.3. The van der Waals surface area contributed by atoms with Crippen LogP contribution in [-0.4, -0.2) is 43.6 Å². The van der Waals surface area contributed by atoms with E-state index in [0.717, 1.165) is 31.4 Å². The summed E-state index contributed by atoms with van der Waals surface area (Å²) in [6.45, 7) is 6.20. The molecule has 4 rings (SSSR count). The van der Waals surface area contributed by atoms with Gasteiger partial charge >= 0.3 is 11.9 Å². The molecule has 1 N–H and O–H groups in total. The number of dihydropyridines is 1. The van der Waals surface area contributed by atoms with E-state index < -0.39 is 17.9 Å². The number of carbonyl (C=O) groups excluding carboxylic acids is 3. The molecule has 34 heavy (non-hydrogen) atoms. The van der Waals surface area contributed by atoms with Crippen LogP contribution in [0.4, 0.5) is 0 Å². The molecule has 0 bridgehead atoms. The van der Waals surface area contributed by atoms with Gasteiger partial charge in [-0.1, -0.05) is 6.07 Å². The van der Waals surface area contributed by atoms with E-state index in [1.807, 2.05) is 13.8 Å².